The Bertz CT molecular complexity index is 2890. The highest BCUT2D eigenvalue weighted by Gasteiger charge is 2.21. The zero-order valence-corrected chi connectivity index (χ0v) is 30.4. The van der Waals surface area contributed by atoms with Crippen molar-refractivity contribution in [3.05, 3.63) is 212 Å². The van der Waals surface area contributed by atoms with Gasteiger partial charge in [-0.15, -0.1) is 11.3 Å². The number of hydrogen-bond acceptors (Lipinski definition) is 2. The molecular weight excluding hydrogens is 671 g/mol. The first-order valence-corrected chi connectivity index (χ1v) is 19.2. The first-order chi connectivity index (χ1) is 26.8. The van der Waals surface area contributed by atoms with Gasteiger partial charge in [0.1, 0.15) is 0 Å². The lowest BCUT2D eigenvalue weighted by Crippen LogP contribution is -2.10. The van der Waals surface area contributed by atoms with E-state index in [1.165, 1.54) is 81.1 Å². The molecule has 0 amide bonds. The summed E-state index contributed by atoms with van der Waals surface area (Å²) in [4.78, 5) is 2.45. The average Bonchev–Trinajstić information content (AvgIpc) is 3.65. The van der Waals surface area contributed by atoms with Crippen LogP contribution in [0.25, 0.3) is 75.5 Å². The smallest absolute Gasteiger partial charge is 0.0554 e. The Morgan fingerprint density at radius 2 is 0.815 bits per heavy atom. The van der Waals surface area contributed by atoms with E-state index in [1.807, 2.05) is 11.3 Å². The van der Waals surface area contributed by atoms with Crippen LogP contribution in [-0.4, -0.2) is 0 Å². The molecule has 0 radical (unpaired) electrons. The maximum absolute atomic E-state index is 2.45. The Morgan fingerprint density at radius 1 is 0.315 bits per heavy atom. The van der Waals surface area contributed by atoms with Gasteiger partial charge in [-0.1, -0.05) is 170 Å². The number of benzene rings is 9. The molecule has 1 heterocycles. The Labute approximate surface area is 319 Å². The predicted octanol–water partition coefficient (Wildman–Crippen LogP) is 15.3. The van der Waals surface area contributed by atoms with Crippen LogP contribution in [0.2, 0.25) is 0 Å². The maximum atomic E-state index is 2.45. The van der Waals surface area contributed by atoms with Crippen LogP contribution in [0.3, 0.4) is 0 Å². The Kier molecular flexibility index (Phi) is 8.09. The third kappa shape index (κ3) is 5.74. The number of nitrogens with zero attached hydrogens (tertiary/aromatic N) is 1. The van der Waals surface area contributed by atoms with Gasteiger partial charge in [0.25, 0.3) is 0 Å². The zero-order chi connectivity index (χ0) is 35.8. The van der Waals surface area contributed by atoms with E-state index in [0.29, 0.717) is 0 Å². The maximum Gasteiger partial charge on any atom is 0.0554 e. The van der Waals surface area contributed by atoms with E-state index >= 15 is 0 Å². The average molecular weight is 706 g/mol. The quantitative estimate of drug-likeness (QED) is 0.160. The molecule has 9 aromatic carbocycles. The van der Waals surface area contributed by atoms with Gasteiger partial charge in [0.05, 0.1) is 5.69 Å². The summed E-state index contributed by atoms with van der Waals surface area (Å²) in [7, 11) is 0. The van der Waals surface area contributed by atoms with Crippen molar-refractivity contribution in [1.29, 1.82) is 0 Å². The summed E-state index contributed by atoms with van der Waals surface area (Å²) < 4.78 is 2.59. The fraction of sp³-hybridized carbons (Fsp3) is 0. The van der Waals surface area contributed by atoms with Crippen molar-refractivity contribution in [3.8, 4) is 44.5 Å². The SMILES string of the molecule is c1ccc(-c2ccc(-c3ccc(N(c4cccc(-c5ccccc5)c4)c4cccc5sc6c7ccccc7c(-c7ccccc7)cc6c45)cc3)cc2)cc1. The molecule has 10 rings (SSSR count). The highest BCUT2D eigenvalue weighted by Crippen LogP contribution is 2.49. The number of rotatable bonds is 7. The molecule has 254 valence electrons. The van der Waals surface area contributed by atoms with Crippen molar-refractivity contribution >= 4 is 59.3 Å². The van der Waals surface area contributed by atoms with Crippen molar-refractivity contribution in [2.75, 3.05) is 4.90 Å². The zero-order valence-electron chi connectivity index (χ0n) is 29.6. The third-order valence-electron chi connectivity index (χ3n) is 10.5. The van der Waals surface area contributed by atoms with Crippen LogP contribution in [0.1, 0.15) is 0 Å². The summed E-state index contributed by atoms with van der Waals surface area (Å²) in [6, 6.07) is 77.0. The fourth-order valence-electron chi connectivity index (χ4n) is 7.84. The molecule has 1 aromatic heterocycles. The topological polar surface area (TPSA) is 3.24 Å². The van der Waals surface area contributed by atoms with Crippen LogP contribution < -0.4 is 4.90 Å². The number of thiophene rings is 1. The van der Waals surface area contributed by atoms with Crippen molar-refractivity contribution < 1.29 is 0 Å². The molecule has 0 bridgehead atoms. The first kappa shape index (κ1) is 32.0. The normalized spacial score (nSPS) is 11.3. The minimum atomic E-state index is 1.11. The second-order valence-corrected chi connectivity index (χ2v) is 14.8. The molecular formula is C52H35NS. The van der Waals surface area contributed by atoms with E-state index < -0.39 is 0 Å². The third-order valence-corrected chi connectivity index (χ3v) is 11.7. The number of hydrogen-bond donors (Lipinski definition) is 0. The van der Waals surface area contributed by atoms with E-state index in [-0.39, 0.29) is 0 Å². The highest BCUT2D eigenvalue weighted by molar-refractivity contribution is 7.26. The molecule has 1 nitrogen and oxygen atoms in total. The van der Waals surface area contributed by atoms with Gasteiger partial charge in [-0.25, -0.2) is 0 Å². The molecule has 0 spiro atoms. The van der Waals surface area contributed by atoms with E-state index in [1.54, 1.807) is 0 Å². The standard InChI is InChI=1S/C52H35NS/c1-4-14-36(15-5-1)38-26-28-39(29-27-38)40-30-32-43(33-31-40)53(44-21-12-20-42(34-44)37-16-6-2-7-17-37)49-24-13-25-50-51(49)48-35-47(41-18-8-3-9-19-41)45-22-10-11-23-46(45)52(48)54-50/h1-35H. The Hall–Kier alpha value is -6.74. The lowest BCUT2D eigenvalue weighted by molar-refractivity contribution is 1.30. The van der Waals surface area contributed by atoms with E-state index in [4.69, 9.17) is 0 Å². The highest BCUT2D eigenvalue weighted by atomic mass is 32.1. The summed E-state index contributed by atoms with van der Waals surface area (Å²) in [5.41, 5.74) is 13.1. The molecule has 0 saturated heterocycles. The summed E-state index contributed by atoms with van der Waals surface area (Å²) in [5, 5.41) is 5.12. The lowest BCUT2D eigenvalue weighted by Gasteiger charge is -2.27. The van der Waals surface area contributed by atoms with E-state index in [9.17, 15) is 0 Å². The molecule has 0 atom stereocenters. The minimum Gasteiger partial charge on any atom is -0.310 e. The molecule has 54 heavy (non-hydrogen) atoms. The van der Waals surface area contributed by atoms with Crippen molar-refractivity contribution in [3.63, 3.8) is 0 Å². The van der Waals surface area contributed by atoms with Crippen molar-refractivity contribution in [2.24, 2.45) is 0 Å². The monoisotopic (exact) mass is 705 g/mol. The van der Waals surface area contributed by atoms with Gasteiger partial charge in [-0.3, -0.25) is 0 Å². The summed E-state index contributed by atoms with van der Waals surface area (Å²) in [6.45, 7) is 0. The second kappa shape index (κ2) is 13.7. The molecule has 0 aliphatic carbocycles. The van der Waals surface area contributed by atoms with Crippen LogP contribution in [-0.2, 0) is 0 Å². The summed E-state index contributed by atoms with van der Waals surface area (Å²) >= 11 is 1.89. The fourth-order valence-corrected chi connectivity index (χ4v) is 9.09. The van der Waals surface area contributed by atoms with Gasteiger partial charge >= 0.3 is 0 Å². The van der Waals surface area contributed by atoms with Crippen LogP contribution in [0, 0.1) is 0 Å². The van der Waals surface area contributed by atoms with Gasteiger partial charge < -0.3 is 4.90 Å². The number of fused-ring (bicyclic) bond motifs is 5. The minimum absolute atomic E-state index is 1.11. The van der Waals surface area contributed by atoms with Crippen LogP contribution >= 0.6 is 11.3 Å². The Morgan fingerprint density at radius 3 is 1.46 bits per heavy atom. The summed E-state index contributed by atoms with van der Waals surface area (Å²) in [6.07, 6.45) is 0. The molecule has 0 unspecified atom stereocenters. The van der Waals surface area contributed by atoms with Crippen LogP contribution in [0.15, 0.2) is 212 Å². The molecule has 0 saturated carbocycles. The number of anilines is 3. The molecule has 0 aliphatic heterocycles. The van der Waals surface area contributed by atoms with Gasteiger partial charge in [0.2, 0.25) is 0 Å². The largest absolute Gasteiger partial charge is 0.310 e. The molecule has 0 fully saturated rings. The van der Waals surface area contributed by atoms with Crippen molar-refractivity contribution in [1.82, 2.24) is 0 Å². The van der Waals surface area contributed by atoms with Gasteiger partial charge in [-0.2, -0.15) is 0 Å². The second-order valence-electron chi connectivity index (χ2n) is 13.7. The molecule has 2 heteroatoms. The van der Waals surface area contributed by atoms with Gasteiger partial charge in [0.15, 0.2) is 0 Å². The van der Waals surface area contributed by atoms with Crippen molar-refractivity contribution in [2.45, 2.75) is 0 Å². The van der Waals surface area contributed by atoms with Crippen LogP contribution in [0.4, 0.5) is 17.1 Å². The lowest BCUT2D eigenvalue weighted by atomic mass is 9.95. The first-order valence-electron chi connectivity index (χ1n) is 18.4. The molecule has 0 aliphatic rings. The molecule has 10 aromatic rings. The molecule has 0 N–H and O–H groups in total. The Balaban J connectivity index is 1.16. The predicted molar refractivity (Wildman–Crippen MR) is 233 cm³/mol. The van der Waals surface area contributed by atoms with Gasteiger partial charge in [-0.05, 0) is 92.4 Å². The van der Waals surface area contributed by atoms with Crippen LogP contribution in [0.5, 0.6) is 0 Å². The van der Waals surface area contributed by atoms with E-state index in [0.717, 1.165) is 11.4 Å². The summed E-state index contributed by atoms with van der Waals surface area (Å²) in [5.74, 6) is 0. The van der Waals surface area contributed by atoms with E-state index in [2.05, 4.69) is 217 Å². The van der Waals surface area contributed by atoms with Gasteiger partial charge in [0, 0.05) is 36.9 Å².